The Bertz CT molecular complexity index is 475. The average molecular weight is 262 g/mol. The SMILES string of the molecule is CCCNC(c1cncs1)c1c(C)ccnc1N. The van der Waals surface area contributed by atoms with Gasteiger partial charge in [-0.15, -0.1) is 11.3 Å². The normalized spacial score (nSPS) is 12.6. The summed E-state index contributed by atoms with van der Waals surface area (Å²) in [7, 11) is 0. The lowest BCUT2D eigenvalue weighted by atomic mass is 10.0. The molecule has 0 aliphatic carbocycles. The van der Waals surface area contributed by atoms with E-state index < -0.39 is 0 Å². The van der Waals surface area contributed by atoms with Crippen LogP contribution in [0.3, 0.4) is 0 Å². The van der Waals surface area contributed by atoms with Crippen LogP contribution in [0.4, 0.5) is 5.82 Å². The summed E-state index contributed by atoms with van der Waals surface area (Å²) in [5.41, 5.74) is 10.1. The van der Waals surface area contributed by atoms with Gasteiger partial charge in [-0.2, -0.15) is 0 Å². The fourth-order valence-corrected chi connectivity index (χ4v) is 2.67. The highest BCUT2D eigenvalue weighted by Gasteiger charge is 2.20. The fraction of sp³-hybridized carbons (Fsp3) is 0.385. The van der Waals surface area contributed by atoms with Crippen molar-refractivity contribution in [2.45, 2.75) is 26.3 Å². The van der Waals surface area contributed by atoms with Crippen molar-refractivity contribution >= 4 is 17.2 Å². The minimum atomic E-state index is 0.0890. The first-order valence-corrected chi connectivity index (χ1v) is 6.94. The van der Waals surface area contributed by atoms with E-state index in [4.69, 9.17) is 5.73 Å². The number of hydrogen-bond acceptors (Lipinski definition) is 5. The number of pyridine rings is 1. The van der Waals surface area contributed by atoms with Crippen molar-refractivity contribution in [2.24, 2.45) is 0 Å². The van der Waals surface area contributed by atoms with Crippen LogP contribution in [0.1, 0.15) is 35.4 Å². The van der Waals surface area contributed by atoms with Gasteiger partial charge in [0.15, 0.2) is 0 Å². The van der Waals surface area contributed by atoms with Gasteiger partial charge in [0, 0.05) is 22.8 Å². The lowest BCUT2D eigenvalue weighted by Crippen LogP contribution is -2.24. The number of anilines is 1. The molecule has 96 valence electrons. The lowest BCUT2D eigenvalue weighted by molar-refractivity contribution is 0.602. The van der Waals surface area contributed by atoms with E-state index in [9.17, 15) is 0 Å². The van der Waals surface area contributed by atoms with Crippen molar-refractivity contribution in [2.75, 3.05) is 12.3 Å². The summed E-state index contributed by atoms with van der Waals surface area (Å²) in [6.07, 6.45) is 4.72. The highest BCUT2D eigenvalue weighted by Crippen LogP contribution is 2.30. The van der Waals surface area contributed by atoms with Crippen LogP contribution in [0, 0.1) is 6.92 Å². The molecule has 3 N–H and O–H groups in total. The maximum absolute atomic E-state index is 6.03. The first kappa shape index (κ1) is 13.0. The summed E-state index contributed by atoms with van der Waals surface area (Å²) in [4.78, 5) is 9.53. The van der Waals surface area contributed by atoms with E-state index in [0.717, 1.165) is 24.1 Å². The number of aryl methyl sites for hydroxylation is 1. The molecule has 1 unspecified atom stereocenters. The Morgan fingerprint density at radius 3 is 2.94 bits per heavy atom. The first-order valence-electron chi connectivity index (χ1n) is 6.06. The zero-order valence-corrected chi connectivity index (χ0v) is 11.5. The zero-order valence-electron chi connectivity index (χ0n) is 10.7. The molecule has 0 aliphatic rings. The van der Waals surface area contributed by atoms with Gasteiger partial charge in [-0.1, -0.05) is 6.92 Å². The van der Waals surface area contributed by atoms with Crippen molar-refractivity contribution in [1.82, 2.24) is 15.3 Å². The molecule has 0 bridgehead atoms. The molecule has 0 radical (unpaired) electrons. The zero-order chi connectivity index (χ0) is 13.0. The molecule has 5 heteroatoms. The Kier molecular flexibility index (Phi) is 4.28. The van der Waals surface area contributed by atoms with Crippen molar-refractivity contribution in [3.8, 4) is 0 Å². The van der Waals surface area contributed by atoms with Gasteiger partial charge in [0.2, 0.25) is 0 Å². The Morgan fingerprint density at radius 2 is 2.33 bits per heavy atom. The van der Waals surface area contributed by atoms with E-state index in [0.29, 0.717) is 5.82 Å². The van der Waals surface area contributed by atoms with E-state index >= 15 is 0 Å². The van der Waals surface area contributed by atoms with Crippen molar-refractivity contribution < 1.29 is 0 Å². The maximum Gasteiger partial charge on any atom is 0.128 e. The van der Waals surface area contributed by atoms with Crippen LogP contribution in [0.25, 0.3) is 0 Å². The number of nitrogen functional groups attached to an aromatic ring is 1. The van der Waals surface area contributed by atoms with Crippen molar-refractivity contribution in [1.29, 1.82) is 0 Å². The second kappa shape index (κ2) is 5.93. The van der Waals surface area contributed by atoms with Crippen LogP contribution in [-0.2, 0) is 0 Å². The molecule has 0 spiro atoms. The van der Waals surface area contributed by atoms with Crippen LogP contribution < -0.4 is 11.1 Å². The highest BCUT2D eigenvalue weighted by atomic mass is 32.1. The number of rotatable bonds is 5. The molecule has 1 atom stereocenters. The van der Waals surface area contributed by atoms with Crippen LogP contribution in [0.5, 0.6) is 0 Å². The van der Waals surface area contributed by atoms with Gasteiger partial charge in [0.05, 0.1) is 11.6 Å². The average Bonchev–Trinajstić information content (AvgIpc) is 2.86. The molecule has 2 rings (SSSR count). The van der Waals surface area contributed by atoms with Crippen molar-refractivity contribution in [3.63, 3.8) is 0 Å². The van der Waals surface area contributed by atoms with Gasteiger partial charge in [0.1, 0.15) is 5.82 Å². The third-order valence-corrected chi connectivity index (χ3v) is 3.70. The molecule has 4 nitrogen and oxygen atoms in total. The first-order chi connectivity index (χ1) is 8.74. The molecule has 2 heterocycles. The predicted octanol–water partition coefficient (Wildman–Crippen LogP) is 2.52. The van der Waals surface area contributed by atoms with Crippen LogP contribution >= 0.6 is 11.3 Å². The highest BCUT2D eigenvalue weighted by molar-refractivity contribution is 7.09. The molecule has 0 fully saturated rings. The molecular formula is C13H18N4S. The Labute approximate surface area is 111 Å². The third kappa shape index (κ3) is 2.68. The number of aromatic nitrogens is 2. The number of nitrogens with two attached hydrogens (primary N) is 1. The third-order valence-electron chi connectivity index (χ3n) is 2.86. The molecule has 0 saturated carbocycles. The van der Waals surface area contributed by atoms with Crippen LogP contribution in [-0.4, -0.2) is 16.5 Å². The Hall–Kier alpha value is -1.46. The number of hydrogen-bond donors (Lipinski definition) is 2. The minimum Gasteiger partial charge on any atom is -0.383 e. The van der Waals surface area contributed by atoms with E-state index in [2.05, 4.69) is 29.1 Å². The Balaban J connectivity index is 2.40. The van der Waals surface area contributed by atoms with E-state index in [-0.39, 0.29) is 6.04 Å². The summed E-state index contributed by atoms with van der Waals surface area (Å²) in [5.74, 6) is 0.594. The van der Waals surface area contributed by atoms with E-state index in [1.54, 1.807) is 17.5 Å². The van der Waals surface area contributed by atoms with E-state index in [1.807, 2.05) is 17.8 Å². The number of thiazole rings is 1. The summed E-state index contributed by atoms with van der Waals surface area (Å²) in [6, 6.07) is 2.08. The molecule has 0 amide bonds. The van der Waals surface area contributed by atoms with E-state index in [1.165, 1.54) is 4.88 Å². The topological polar surface area (TPSA) is 63.8 Å². The molecule has 0 saturated heterocycles. The van der Waals surface area contributed by atoms with Crippen LogP contribution in [0.2, 0.25) is 0 Å². The monoisotopic (exact) mass is 262 g/mol. The molecule has 0 aliphatic heterocycles. The quantitative estimate of drug-likeness (QED) is 0.869. The van der Waals surface area contributed by atoms with Gasteiger partial charge < -0.3 is 11.1 Å². The fourth-order valence-electron chi connectivity index (χ4n) is 1.97. The molecular weight excluding hydrogens is 244 g/mol. The largest absolute Gasteiger partial charge is 0.383 e. The second-order valence-corrected chi connectivity index (χ2v) is 5.14. The summed E-state index contributed by atoms with van der Waals surface area (Å²) < 4.78 is 0. The smallest absolute Gasteiger partial charge is 0.128 e. The molecule has 0 aromatic carbocycles. The standard InChI is InChI=1S/C13H18N4S/c1-3-5-16-12(10-7-15-8-18-10)11-9(2)4-6-17-13(11)14/h4,6-8,12,16H,3,5H2,1-2H3,(H2,14,17). The number of nitrogens with zero attached hydrogens (tertiary/aromatic N) is 2. The summed E-state index contributed by atoms with van der Waals surface area (Å²) >= 11 is 1.64. The minimum absolute atomic E-state index is 0.0890. The number of nitrogens with one attached hydrogen (secondary N) is 1. The van der Waals surface area contributed by atoms with Gasteiger partial charge in [-0.25, -0.2) is 4.98 Å². The van der Waals surface area contributed by atoms with Crippen LogP contribution in [0.15, 0.2) is 24.0 Å². The second-order valence-electron chi connectivity index (χ2n) is 4.22. The van der Waals surface area contributed by atoms with Gasteiger partial charge in [-0.05, 0) is 31.5 Å². The van der Waals surface area contributed by atoms with Gasteiger partial charge in [-0.3, -0.25) is 4.98 Å². The van der Waals surface area contributed by atoms with Crippen molar-refractivity contribution in [3.05, 3.63) is 40.0 Å². The summed E-state index contributed by atoms with van der Waals surface area (Å²) in [6.45, 7) is 5.15. The van der Waals surface area contributed by atoms with Gasteiger partial charge in [0.25, 0.3) is 0 Å². The molecule has 2 aromatic rings. The summed E-state index contributed by atoms with van der Waals surface area (Å²) in [5, 5.41) is 3.52. The molecule has 2 aromatic heterocycles. The lowest BCUT2D eigenvalue weighted by Gasteiger charge is -2.20. The van der Waals surface area contributed by atoms with Gasteiger partial charge >= 0.3 is 0 Å². The molecule has 18 heavy (non-hydrogen) atoms. The predicted molar refractivity (Wildman–Crippen MR) is 75.6 cm³/mol. The Morgan fingerprint density at radius 1 is 1.50 bits per heavy atom. The maximum atomic E-state index is 6.03.